The lowest BCUT2D eigenvalue weighted by molar-refractivity contribution is -0.384. The first-order chi connectivity index (χ1) is 7.54. The molecule has 1 heterocycles. The molecule has 0 saturated heterocycles. The summed E-state index contributed by atoms with van der Waals surface area (Å²) in [5, 5.41) is 13.5. The van der Waals surface area contributed by atoms with Crippen molar-refractivity contribution in [2.75, 3.05) is 23.1 Å². The number of aromatic nitrogens is 2. The maximum Gasteiger partial charge on any atom is 0.329 e. The molecule has 0 aliphatic rings. The van der Waals surface area contributed by atoms with Crippen LogP contribution in [-0.4, -0.2) is 32.9 Å². The molecule has 0 amide bonds. The van der Waals surface area contributed by atoms with Crippen LogP contribution >= 0.6 is 11.8 Å². The van der Waals surface area contributed by atoms with Gasteiger partial charge in [-0.2, -0.15) is 16.7 Å². The summed E-state index contributed by atoms with van der Waals surface area (Å²) in [6, 6.07) is 0.177. The van der Waals surface area contributed by atoms with Gasteiger partial charge in [0.25, 0.3) is 0 Å². The van der Waals surface area contributed by atoms with Gasteiger partial charge in [-0.15, -0.1) is 0 Å². The molecule has 16 heavy (non-hydrogen) atoms. The van der Waals surface area contributed by atoms with Gasteiger partial charge in [0.05, 0.1) is 4.92 Å². The first-order valence-corrected chi connectivity index (χ1v) is 5.96. The maximum absolute atomic E-state index is 10.5. The summed E-state index contributed by atoms with van der Waals surface area (Å²) in [5.74, 6) is 1.07. The van der Waals surface area contributed by atoms with E-state index in [0.717, 1.165) is 11.9 Å². The molecule has 0 radical (unpaired) electrons. The normalized spacial score (nSPS) is 12.1. The van der Waals surface area contributed by atoms with E-state index in [1.54, 1.807) is 11.8 Å². The fourth-order valence-electron chi connectivity index (χ4n) is 1.11. The molecular weight excluding hydrogens is 230 g/mol. The predicted octanol–water partition coefficient (Wildman–Crippen LogP) is 1.13. The van der Waals surface area contributed by atoms with Crippen molar-refractivity contribution in [2.24, 2.45) is 0 Å². The highest BCUT2D eigenvalue weighted by Crippen LogP contribution is 2.18. The first kappa shape index (κ1) is 12.5. The molecule has 0 bridgehead atoms. The number of anilines is 2. The van der Waals surface area contributed by atoms with E-state index in [-0.39, 0.29) is 17.5 Å². The highest BCUT2D eigenvalue weighted by Gasteiger charge is 2.14. The Morgan fingerprint density at radius 2 is 2.44 bits per heavy atom. The highest BCUT2D eigenvalue weighted by atomic mass is 32.2. The second-order valence-electron chi connectivity index (χ2n) is 3.22. The SMILES string of the molecule is CSCC(C)Nc1ncc([N+](=O)[O-])c(N)n1. The minimum Gasteiger partial charge on any atom is -0.378 e. The van der Waals surface area contributed by atoms with Crippen LogP contribution in [0.4, 0.5) is 17.5 Å². The fourth-order valence-corrected chi connectivity index (χ4v) is 1.69. The molecule has 88 valence electrons. The largest absolute Gasteiger partial charge is 0.378 e. The summed E-state index contributed by atoms with van der Waals surface area (Å²) in [6.07, 6.45) is 3.10. The molecule has 3 N–H and O–H groups in total. The van der Waals surface area contributed by atoms with Gasteiger partial charge in [-0.05, 0) is 13.2 Å². The van der Waals surface area contributed by atoms with Gasteiger partial charge in [-0.3, -0.25) is 10.1 Å². The summed E-state index contributed by atoms with van der Waals surface area (Å²) in [7, 11) is 0. The van der Waals surface area contributed by atoms with Crippen molar-refractivity contribution in [3.8, 4) is 0 Å². The van der Waals surface area contributed by atoms with E-state index in [2.05, 4.69) is 15.3 Å². The number of hydrogen-bond donors (Lipinski definition) is 2. The second kappa shape index (κ2) is 5.50. The zero-order valence-electron chi connectivity index (χ0n) is 9.01. The van der Waals surface area contributed by atoms with Gasteiger partial charge >= 0.3 is 5.69 Å². The standard InChI is InChI=1S/C8H13N5O2S/c1-5(4-16-2)11-8-10-3-6(13(14)15)7(9)12-8/h3,5H,4H2,1-2H3,(H3,9,10,11,12). The molecule has 1 rings (SSSR count). The summed E-state index contributed by atoms with van der Waals surface area (Å²) in [5.41, 5.74) is 5.16. The molecule has 0 aliphatic carbocycles. The van der Waals surface area contributed by atoms with Crippen molar-refractivity contribution in [2.45, 2.75) is 13.0 Å². The van der Waals surface area contributed by atoms with Gasteiger partial charge in [0.1, 0.15) is 6.20 Å². The number of nitrogens with two attached hydrogens (primary N) is 1. The molecular formula is C8H13N5O2S. The van der Waals surface area contributed by atoms with Gasteiger partial charge in [0.2, 0.25) is 11.8 Å². The maximum atomic E-state index is 10.5. The van der Waals surface area contributed by atoms with Crippen molar-refractivity contribution in [3.05, 3.63) is 16.3 Å². The van der Waals surface area contributed by atoms with E-state index >= 15 is 0 Å². The fraction of sp³-hybridized carbons (Fsp3) is 0.500. The molecule has 1 atom stereocenters. The number of nitrogen functional groups attached to an aromatic ring is 1. The predicted molar refractivity (Wildman–Crippen MR) is 64.6 cm³/mol. The average molecular weight is 243 g/mol. The van der Waals surface area contributed by atoms with Gasteiger partial charge in [-0.1, -0.05) is 0 Å². The van der Waals surface area contributed by atoms with Crippen molar-refractivity contribution in [1.82, 2.24) is 9.97 Å². The Morgan fingerprint density at radius 1 is 1.75 bits per heavy atom. The van der Waals surface area contributed by atoms with Crippen LogP contribution in [0.3, 0.4) is 0 Å². The van der Waals surface area contributed by atoms with E-state index in [4.69, 9.17) is 5.73 Å². The van der Waals surface area contributed by atoms with Crippen LogP contribution in [-0.2, 0) is 0 Å². The zero-order valence-corrected chi connectivity index (χ0v) is 9.82. The molecule has 0 spiro atoms. The summed E-state index contributed by atoms with van der Waals surface area (Å²) in [6.45, 7) is 1.97. The molecule has 0 saturated carbocycles. The minimum atomic E-state index is -0.607. The Labute approximate surface area is 97.0 Å². The van der Waals surface area contributed by atoms with Crippen LogP contribution in [0, 0.1) is 10.1 Å². The highest BCUT2D eigenvalue weighted by molar-refractivity contribution is 7.98. The Bertz CT molecular complexity index is 387. The van der Waals surface area contributed by atoms with E-state index in [1.165, 1.54) is 0 Å². The molecule has 1 aromatic rings. The lowest BCUT2D eigenvalue weighted by Gasteiger charge is -2.11. The summed E-state index contributed by atoms with van der Waals surface area (Å²) in [4.78, 5) is 17.5. The van der Waals surface area contributed by atoms with Gasteiger partial charge in [0.15, 0.2) is 0 Å². The molecule has 0 fully saturated rings. The van der Waals surface area contributed by atoms with E-state index in [1.807, 2.05) is 13.2 Å². The van der Waals surface area contributed by atoms with E-state index in [0.29, 0.717) is 5.95 Å². The van der Waals surface area contributed by atoms with Crippen LogP contribution in [0.25, 0.3) is 0 Å². The van der Waals surface area contributed by atoms with Crippen molar-refractivity contribution in [1.29, 1.82) is 0 Å². The zero-order chi connectivity index (χ0) is 12.1. The van der Waals surface area contributed by atoms with Crippen molar-refractivity contribution >= 4 is 29.2 Å². The molecule has 0 aromatic carbocycles. The average Bonchev–Trinajstić information content (AvgIpc) is 2.17. The Balaban J connectivity index is 2.77. The van der Waals surface area contributed by atoms with Crippen LogP contribution < -0.4 is 11.1 Å². The molecule has 7 nitrogen and oxygen atoms in total. The Morgan fingerprint density at radius 3 is 2.94 bits per heavy atom. The number of nitrogens with zero attached hydrogens (tertiary/aromatic N) is 3. The van der Waals surface area contributed by atoms with E-state index in [9.17, 15) is 10.1 Å². The minimum absolute atomic E-state index is 0.126. The smallest absolute Gasteiger partial charge is 0.329 e. The van der Waals surface area contributed by atoms with Gasteiger partial charge < -0.3 is 11.1 Å². The summed E-state index contributed by atoms with van der Waals surface area (Å²) >= 11 is 1.68. The first-order valence-electron chi connectivity index (χ1n) is 4.57. The topological polar surface area (TPSA) is 107 Å². The number of hydrogen-bond acceptors (Lipinski definition) is 7. The van der Waals surface area contributed by atoms with Gasteiger partial charge in [-0.25, -0.2) is 4.98 Å². The third-order valence-corrected chi connectivity index (χ3v) is 2.62. The number of nitrogens with one attached hydrogen (secondary N) is 1. The monoisotopic (exact) mass is 243 g/mol. The van der Waals surface area contributed by atoms with Crippen LogP contribution in [0.15, 0.2) is 6.20 Å². The summed E-state index contributed by atoms with van der Waals surface area (Å²) < 4.78 is 0. The van der Waals surface area contributed by atoms with Crippen LogP contribution in [0.5, 0.6) is 0 Å². The molecule has 8 heteroatoms. The van der Waals surface area contributed by atoms with Crippen LogP contribution in [0.1, 0.15) is 6.92 Å². The third-order valence-electron chi connectivity index (χ3n) is 1.79. The number of nitro groups is 1. The second-order valence-corrected chi connectivity index (χ2v) is 4.13. The molecule has 0 aliphatic heterocycles. The number of rotatable bonds is 5. The van der Waals surface area contributed by atoms with Crippen molar-refractivity contribution < 1.29 is 4.92 Å². The van der Waals surface area contributed by atoms with Crippen molar-refractivity contribution in [3.63, 3.8) is 0 Å². The molecule has 1 unspecified atom stereocenters. The third kappa shape index (κ3) is 3.23. The lowest BCUT2D eigenvalue weighted by Crippen LogP contribution is -2.19. The Kier molecular flexibility index (Phi) is 4.29. The Hall–Kier alpha value is -1.57. The number of thioether (sulfide) groups is 1. The van der Waals surface area contributed by atoms with E-state index < -0.39 is 4.92 Å². The van der Waals surface area contributed by atoms with Crippen LogP contribution in [0.2, 0.25) is 0 Å². The quantitative estimate of drug-likeness (QED) is 0.589. The van der Waals surface area contributed by atoms with Gasteiger partial charge in [0, 0.05) is 11.8 Å². The lowest BCUT2D eigenvalue weighted by atomic mass is 10.4. The molecule has 1 aromatic heterocycles.